The third kappa shape index (κ3) is 2.66. The number of carbonyl (C=O) groups excluding carboxylic acids is 1. The lowest BCUT2D eigenvalue weighted by Gasteiger charge is -2.07. The second kappa shape index (κ2) is 5.81. The molecule has 1 aliphatic rings. The number of hydrogen-bond donors (Lipinski definition) is 0. The number of fused-ring (bicyclic) bond motifs is 1. The van der Waals surface area contributed by atoms with Crippen LogP contribution in [0.15, 0.2) is 24.4 Å². The van der Waals surface area contributed by atoms with Crippen LogP contribution >= 0.6 is 11.6 Å². The van der Waals surface area contributed by atoms with Gasteiger partial charge in [-0.2, -0.15) is 5.10 Å². The standard InChI is InChI=1S/C18H17ClN4O2/c1-9-17-16(8-20-10(2)21-17)23(22-9)15-7-13(15)12-5-4-11(6-14(12)19)18(24)25-3/h4-6,8,13,15H,7H2,1-3H3. The van der Waals surface area contributed by atoms with Crippen molar-refractivity contribution >= 4 is 28.6 Å². The van der Waals surface area contributed by atoms with E-state index >= 15 is 0 Å². The molecule has 3 aromatic rings. The van der Waals surface area contributed by atoms with Crippen LogP contribution in [0.5, 0.6) is 0 Å². The van der Waals surface area contributed by atoms with Crippen molar-refractivity contribution in [1.29, 1.82) is 0 Å². The van der Waals surface area contributed by atoms with E-state index in [4.69, 9.17) is 16.3 Å². The van der Waals surface area contributed by atoms with Crippen LogP contribution in [0, 0.1) is 13.8 Å². The van der Waals surface area contributed by atoms with Crippen LogP contribution in [0.4, 0.5) is 0 Å². The molecule has 1 saturated carbocycles. The van der Waals surface area contributed by atoms with Crippen LogP contribution in [0.2, 0.25) is 5.02 Å². The molecule has 0 radical (unpaired) electrons. The van der Waals surface area contributed by atoms with Crippen LogP contribution in [0.1, 0.15) is 45.8 Å². The Labute approximate surface area is 149 Å². The second-order valence-electron chi connectivity index (χ2n) is 6.32. The lowest BCUT2D eigenvalue weighted by Crippen LogP contribution is -2.02. The first-order valence-electron chi connectivity index (χ1n) is 8.06. The first-order valence-corrected chi connectivity index (χ1v) is 8.43. The summed E-state index contributed by atoms with van der Waals surface area (Å²) in [5, 5.41) is 5.23. The highest BCUT2D eigenvalue weighted by atomic mass is 35.5. The summed E-state index contributed by atoms with van der Waals surface area (Å²) in [6.45, 7) is 3.83. The molecule has 2 atom stereocenters. The molecular weight excluding hydrogens is 340 g/mol. The van der Waals surface area contributed by atoms with E-state index in [1.54, 1.807) is 12.1 Å². The van der Waals surface area contributed by atoms with Crippen molar-refractivity contribution in [3.8, 4) is 0 Å². The van der Waals surface area contributed by atoms with Gasteiger partial charge < -0.3 is 4.74 Å². The summed E-state index contributed by atoms with van der Waals surface area (Å²) in [5.41, 5.74) is 4.22. The predicted molar refractivity (Wildman–Crippen MR) is 94.0 cm³/mol. The Balaban J connectivity index is 1.66. The number of ether oxygens (including phenoxy) is 1. The van der Waals surface area contributed by atoms with E-state index in [2.05, 4.69) is 15.1 Å². The third-order valence-corrected chi connectivity index (χ3v) is 4.96. The average Bonchev–Trinajstić information content (AvgIpc) is 3.32. The fourth-order valence-electron chi connectivity index (χ4n) is 3.27. The van der Waals surface area contributed by atoms with Crippen molar-refractivity contribution in [3.05, 3.63) is 52.1 Å². The quantitative estimate of drug-likeness (QED) is 0.670. The number of rotatable bonds is 3. The summed E-state index contributed by atoms with van der Waals surface area (Å²) in [7, 11) is 1.36. The summed E-state index contributed by atoms with van der Waals surface area (Å²) in [4.78, 5) is 20.4. The van der Waals surface area contributed by atoms with Gasteiger partial charge in [0.15, 0.2) is 0 Å². The van der Waals surface area contributed by atoms with E-state index in [1.807, 2.05) is 30.8 Å². The largest absolute Gasteiger partial charge is 0.465 e. The maximum Gasteiger partial charge on any atom is 0.337 e. The highest BCUT2D eigenvalue weighted by Crippen LogP contribution is 2.53. The third-order valence-electron chi connectivity index (χ3n) is 4.63. The SMILES string of the molecule is COC(=O)c1ccc(C2CC2n2nc(C)c3nc(C)ncc32)c(Cl)c1. The van der Waals surface area contributed by atoms with Gasteiger partial charge in [-0.1, -0.05) is 17.7 Å². The van der Waals surface area contributed by atoms with Crippen molar-refractivity contribution in [2.24, 2.45) is 0 Å². The fourth-order valence-corrected chi connectivity index (χ4v) is 3.59. The van der Waals surface area contributed by atoms with Gasteiger partial charge >= 0.3 is 5.97 Å². The molecule has 0 aliphatic heterocycles. The molecule has 2 heterocycles. The maximum atomic E-state index is 11.6. The molecule has 1 aromatic carbocycles. The Hall–Kier alpha value is -2.47. The Bertz CT molecular complexity index is 998. The molecule has 6 nitrogen and oxygen atoms in total. The van der Waals surface area contributed by atoms with E-state index in [0.29, 0.717) is 10.6 Å². The molecule has 0 saturated heterocycles. The summed E-state index contributed by atoms with van der Waals surface area (Å²) < 4.78 is 6.73. The van der Waals surface area contributed by atoms with Gasteiger partial charge in [-0.05, 0) is 38.0 Å². The first-order chi connectivity index (χ1) is 12.0. The average molecular weight is 357 g/mol. The lowest BCUT2D eigenvalue weighted by atomic mass is 10.1. The lowest BCUT2D eigenvalue weighted by molar-refractivity contribution is 0.0600. The van der Waals surface area contributed by atoms with E-state index in [9.17, 15) is 4.79 Å². The summed E-state index contributed by atoms with van der Waals surface area (Å²) in [6.07, 6.45) is 2.77. The fraction of sp³-hybridized carbons (Fsp3) is 0.333. The van der Waals surface area contributed by atoms with Gasteiger partial charge in [0.1, 0.15) is 16.9 Å². The number of halogens is 1. The number of aromatic nitrogens is 4. The highest BCUT2D eigenvalue weighted by Gasteiger charge is 2.43. The highest BCUT2D eigenvalue weighted by molar-refractivity contribution is 6.31. The number of nitrogens with zero attached hydrogens (tertiary/aromatic N) is 4. The number of hydrogen-bond acceptors (Lipinski definition) is 5. The molecule has 1 fully saturated rings. The Morgan fingerprint density at radius 2 is 2.16 bits per heavy atom. The molecule has 128 valence electrons. The van der Waals surface area contributed by atoms with Crippen molar-refractivity contribution in [2.75, 3.05) is 7.11 Å². The van der Waals surface area contributed by atoms with E-state index in [-0.39, 0.29) is 17.9 Å². The van der Waals surface area contributed by atoms with Crippen LogP contribution < -0.4 is 0 Å². The van der Waals surface area contributed by atoms with E-state index < -0.39 is 0 Å². The van der Waals surface area contributed by atoms with Crippen molar-refractivity contribution < 1.29 is 9.53 Å². The van der Waals surface area contributed by atoms with Crippen LogP contribution in [-0.4, -0.2) is 32.8 Å². The van der Waals surface area contributed by atoms with Gasteiger partial charge in [0, 0.05) is 10.9 Å². The van der Waals surface area contributed by atoms with Crippen molar-refractivity contribution in [1.82, 2.24) is 19.7 Å². The molecule has 1 aliphatic carbocycles. The molecule has 4 rings (SSSR count). The number of benzene rings is 1. The summed E-state index contributed by atoms with van der Waals surface area (Å²) in [6, 6.07) is 5.54. The normalized spacial score (nSPS) is 19.2. The van der Waals surface area contributed by atoms with E-state index in [0.717, 1.165) is 34.5 Å². The molecule has 2 unspecified atom stereocenters. The monoisotopic (exact) mass is 356 g/mol. The van der Waals surface area contributed by atoms with Gasteiger partial charge in [0.05, 0.1) is 30.6 Å². The molecule has 25 heavy (non-hydrogen) atoms. The van der Waals surface area contributed by atoms with Gasteiger partial charge in [0.25, 0.3) is 0 Å². The van der Waals surface area contributed by atoms with Crippen molar-refractivity contribution in [3.63, 3.8) is 0 Å². The van der Waals surface area contributed by atoms with Crippen molar-refractivity contribution in [2.45, 2.75) is 32.2 Å². The topological polar surface area (TPSA) is 69.9 Å². The van der Waals surface area contributed by atoms with Gasteiger partial charge in [-0.3, -0.25) is 4.68 Å². The molecule has 0 N–H and O–H groups in total. The molecular formula is C18H17ClN4O2. The van der Waals surface area contributed by atoms with Gasteiger partial charge in [-0.15, -0.1) is 0 Å². The first kappa shape index (κ1) is 16.0. The molecule has 2 aromatic heterocycles. The summed E-state index contributed by atoms with van der Waals surface area (Å²) in [5.74, 6) is 0.619. The van der Waals surface area contributed by atoms with Crippen LogP contribution in [0.25, 0.3) is 11.0 Å². The minimum atomic E-state index is -0.387. The number of methoxy groups -OCH3 is 1. The minimum absolute atomic E-state index is 0.226. The molecule has 7 heteroatoms. The zero-order valence-electron chi connectivity index (χ0n) is 14.2. The van der Waals surface area contributed by atoms with E-state index in [1.165, 1.54) is 7.11 Å². The zero-order chi connectivity index (χ0) is 17.7. The number of aryl methyl sites for hydroxylation is 2. The zero-order valence-corrected chi connectivity index (χ0v) is 14.9. The Morgan fingerprint density at radius 3 is 2.88 bits per heavy atom. The Kier molecular flexibility index (Phi) is 3.72. The van der Waals surface area contributed by atoms with Gasteiger partial charge in [0.2, 0.25) is 0 Å². The maximum absolute atomic E-state index is 11.6. The number of carbonyl (C=O) groups is 1. The second-order valence-corrected chi connectivity index (χ2v) is 6.73. The predicted octanol–water partition coefficient (Wildman–Crippen LogP) is 3.61. The molecule has 0 amide bonds. The molecule has 0 bridgehead atoms. The number of esters is 1. The smallest absolute Gasteiger partial charge is 0.337 e. The van der Waals surface area contributed by atoms with Crippen LogP contribution in [-0.2, 0) is 4.74 Å². The van der Waals surface area contributed by atoms with Crippen LogP contribution in [0.3, 0.4) is 0 Å². The van der Waals surface area contributed by atoms with Gasteiger partial charge in [-0.25, -0.2) is 14.8 Å². The Morgan fingerprint density at radius 1 is 1.36 bits per heavy atom. The minimum Gasteiger partial charge on any atom is -0.465 e. The molecule has 0 spiro atoms. The summed E-state index contributed by atoms with van der Waals surface area (Å²) >= 11 is 6.40.